The van der Waals surface area contributed by atoms with Crippen LogP contribution in [-0.4, -0.2) is 58.0 Å². The van der Waals surface area contributed by atoms with Gasteiger partial charge >= 0.3 is 0 Å². The summed E-state index contributed by atoms with van der Waals surface area (Å²) in [6.07, 6.45) is 0. The Morgan fingerprint density at radius 2 is 2.00 bits per heavy atom. The van der Waals surface area contributed by atoms with E-state index < -0.39 is 10.1 Å². The maximum Gasteiger partial charge on any atom is 0.268 e. The molecule has 90 valence electrons. The summed E-state index contributed by atoms with van der Waals surface area (Å²) in [6.45, 7) is 6.74. The minimum Gasteiger partial charge on any atom is -0.379 e. The zero-order chi connectivity index (χ0) is 11.3. The molecule has 1 unspecified atom stereocenters. The molecule has 0 aliphatic carbocycles. The standard InChI is InChI=1S/C9H19NO4S/c1-3-14-15(11,12)8-9(2)10-4-6-13-7-5-10/h9H,3-8H2,1-2H3. The predicted molar refractivity (Wildman–Crippen MR) is 57.3 cm³/mol. The van der Waals surface area contributed by atoms with Crippen molar-refractivity contribution in [1.82, 2.24) is 4.90 Å². The van der Waals surface area contributed by atoms with Gasteiger partial charge in [0.1, 0.15) is 0 Å². The van der Waals surface area contributed by atoms with Gasteiger partial charge in [0.15, 0.2) is 0 Å². The Labute approximate surface area is 91.5 Å². The molecule has 0 aromatic heterocycles. The van der Waals surface area contributed by atoms with Crippen LogP contribution in [0.15, 0.2) is 0 Å². The van der Waals surface area contributed by atoms with Crippen LogP contribution in [0.4, 0.5) is 0 Å². The summed E-state index contributed by atoms with van der Waals surface area (Å²) in [6, 6.07) is -0.00884. The Hall–Kier alpha value is -0.170. The van der Waals surface area contributed by atoms with Crippen molar-refractivity contribution in [1.29, 1.82) is 0 Å². The van der Waals surface area contributed by atoms with Crippen molar-refractivity contribution in [3.8, 4) is 0 Å². The van der Waals surface area contributed by atoms with Gasteiger partial charge in [-0.15, -0.1) is 0 Å². The van der Waals surface area contributed by atoms with E-state index in [4.69, 9.17) is 8.92 Å². The molecule has 5 nitrogen and oxygen atoms in total. The minimum absolute atomic E-state index is 0.00884. The summed E-state index contributed by atoms with van der Waals surface area (Å²) in [5.41, 5.74) is 0. The molecule has 0 bridgehead atoms. The summed E-state index contributed by atoms with van der Waals surface area (Å²) in [4.78, 5) is 2.11. The normalized spacial score (nSPS) is 21.5. The summed E-state index contributed by atoms with van der Waals surface area (Å²) in [7, 11) is -3.36. The molecular weight excluding hydrogens is 218 g/mol. The number of rotatable bonds is 5. The number of hydrogen-bond donors (Lipinski definition) is 0. The van der Waals surface area contributed by atoms with Crippen molar-refractivity contribution in [2.45, 2.75) is 19.9 Å². The van der Waals surface area contributed by atoms with Crippen LogP contribution in [0, 0.1) is 0 Å². The van der Waals surface area contributed by atoms with Crippen LogP contribution in [-0.2, 0) is 19.0 Å². The minimum atomic E-state index is -3.36. The first kappa shape index (κ1) is 12.9. The molecule has 1 aliphatic heterocycles. The van der Waals surface area contributed by atoms with Crippen LogP contribution in [0.5, 0.6) is 0 Å². The molecule has 0 amide bonds. The summed E-state index contributed by atoms with van der Waals surface area (Å²) >= 11 is 0. The molecule has 1 atom stereocenters. The Kier molecular flexibility index (Phi) is 4.98. The number of hydrogen-bond acceptors (Lipinski definition) is 5. The molecule has 1 rings (SSSR count). The maximum atomic E-state index is 11.4. The van der Waals surface area contributed by atoms with Crippen LogP contribution in [0.1, 0.15) is 13.8 Å². The molecule has 15 heavy (non-hydrogen) atoms. The largest absolute Gasteiger partial charge is 0.379 e. The molecule has 0 spiro atoms. The van der Waals surface area contributed by atoms with Crippen LogP contribution < -0.4 is 0 Å². The summed E-state index contributed by atoms with van der Waals surface area (Å²) < 4.78 is 32.7. The lowest BCUT2D eigenvalue weighted by Gasteiger charge is -2.31. The second kappa shape index (κ2) is 5.79. The quantitative estimate of drug-likeness (QED) is 0.634. The highest BCUT2D eigenvalue weighted by Crippen LogP contribution is 2.07. The molecule has 0 aromatic carbocycles. The smallest absolute Gasteiger partial charge is 0.268 e. The highest BCUT2D eigenvalue weighted by molar-refractivity contribution is 7.86. The fourth-order valence-electron chi connectivity index (χ4n) is 1.65. The first-order valence-corrected chi connectivity index (χ1v) is 6.82. The lowest BCUT2D eigenvalue weighted by molar-refractivity contribution is 0.0239. The zero-order valence-electron chi connectivity index (χ0n) is 9.31. The second-order valence-corrected chi connectivity index (χ2v) is 5.31. The van der Waals surface area contributed by atoms with Gasteiger partial charge in [-0.3, -0.25) is 9.08 Å². The van der Waals surface area contributed by atoms with E-state index in [1.165, 1.54) is 0 Å². The van der Waals surface area contributed by atoms with Crippen LogP contribution in [0.3, 0.4) is 0 Å². The monoisotopic (exact) mass is 237 g/mol. The molecule has 1 fully saturated rings. The van der Waals surface area contributed by atoms with Crippen molar-refractivity contribution in [2.75, 3.05) is 38.7 Å². The van der Waals surface area contributed by atoms with Crippen molar-refractivity contribution in [3.05, 3.63) is 0 Å². The highest BCUT2D eigenvalue weighted by Gasteiger charge is 2.22. The van der Waals surface area contributed by atoms with E-state index in [-0.39, 0.29) is 18.4 Å². The van der Waals surface area contributed by atoms with E-state index in [0.717, 1.165) is 13.1 Å². The molecule has 0 radical (unpaired) electrons. The van der Waals surface area contributed by atoms with Crippen LogP contribution in [0.25, 0.3) is 0 Å². The lowest BCUT2D eigenvalue weighted by Crippen LogP contribution is -2.45. The van der Waals surface area contributed by atoms with E-state index in [1.807, 2.05) is 6.92 Å². The van der Waals surface area contributed by atoms with Crippen molar-refractivity contribution >= 4 is 10.1 Å². The summed E-state index contributed by atoms with van der Waals surface area (Å²) in [5.74, 6) is 0.0564. The molecule has 1 heterocycles. The fraction of sp³-hybridized carbons (Fsp3) is 1.00. The summed E-state index contributed by atoms with van der Waals surface area (Å²) in [5, 5.41) is 0. The van der Waals surface area contributed by atoms with E-state index in [2.05, 4.69) is 4.90 Å². The average Bonchev–Trinajstić information content (AvgIpc) is 2.18. The van der Waals surface area contributed by atoms with Gasteiger partial charge in [0.25, 0.3) is 10.1 Å². The Morgan fingerprint density at radius 1 is 1.40 bits per heavy atom. The topological polar surface area (TPSA) is 55.8 Å². The molecular formula is C9H19NO4S. The third kappa shape index (κ3) is 4.46. The Balaban J connectivity index is 2.43. The lowest BCUT2D eigenvalue weighted by atomic mass is 10.3. The average molecular weight is 237 g/mol. The molecule has 0 aromatic rings. The van der Waals surface area contributed by atoms with Gasteiger partial charge in [-0.1, -0.05) is 0 Å². The van der Waals surface area contributed by atoms with E-state index >= 15 is 0 Å². The highest BCUT2D eigenvalue weighted by atomic mass is 32.2. The fourth-order valence-corrected chi connectivity index (χ4v) is 2.90. The number of ether oxygens (including phenoxy) is 1. The van der Waals surface area contributed by atoms with Crippen molar-refractivity contribution in [3.63, 3.8) is 0 Å². The van der Waals surface area contributed by atoms with Gasteiger partial charge in [-0.05, 0) is 13.8 Å². The van der Waals surface area contributed by atoms with Gasteiger partial charge in [-0.2, -0.15) is 8.42 Å². The Morgan fingerprint density at radius 3 is 2.53 bits per heavy atom. The second-order valence-electron chi connectivity index (χ2n) is 3.63. The molecule has 6 heteroatoms. The zero-order valence-corrected chi connectivity index (χ0v) is 10.1. The predicted octanol–water partition coefficient (Wildman–Crippen LogP) is 0.0734. The van der Waals surface area contributed by atoms with Crippen LogP contribution in [0.2, 0.25) is 0 Å². The van der Waals surface area contributed by atoms with E-state index in [9.17, 15) is 8.42 Å². The van der Waals surface area contributed by atoms with E-state index in [0.29, 0.717) is 13.2 Å². The molecule has 1 aliphatic rings. The van der Waals surface area contributed by atoms with Gasteiger partial charge in [0, 0.05) is 19.1 Å². The van der Waals surface area contributed by atoms with E-state index in [1.54, 1.807) is 6.92 Å². The first-order valence-electron chi connectivity index (χ1n) is 5.24. The Bertz CT molecular complexity index is 272. The van der Waals surface area contributed by atoms with Gasteiger partial charge in [0.05, 0.1) is 25.6 Å². The molecule has 0 saturated carbocycles. The number of nitrogens with zero attached hydrogens (tertiary/aromatic N) is 1. The maximum absolute atomic E-state index is 11.4. The van der Waals surface area contributed by atoms with Gasteiger partial charge in [0.2, 0.25) is 0 Å². The van der Waals surface area contributed by atoms with Crippen molar-refractivity contribution in [2.24, 2.45) is 0 Å². The van der Waals surface area contributed by atoms with Gasteiger partial charge < -0.3 is 4.74 Å². The SMILES string of the molecule is CCOS(=O)(=O)CC(C)N1CCOCC1. The molecule has 0 N–H and O–H groups in total. The third-order valence-electron chi connectivity index (χ3n) is 2.41. The first-order chi connectivity index (χ1) is 7.05. The van der Waals surface area contributed by atoms with Crippen molar-refractivity contribution < 1.29 is 17.3 Å². The molecule has 1 saturated heterocycles. The number of morpholine rings is 1. The van der Waals surface area contributed by atoms with Crippen LogP contribution >= 0.6 is 0 Å². The third-order valence-corrected chi connectivity index (χ3v) is 3.90. The van der Waals surface area contributed by atoms with Gasteiger partial charge in [-0.25, -0.2) is 0 Å².